The van der Waals surface area contributed by atoms with Crippen LogP contribution in [0.3, 0.4) is 0 Å². The zero-order chi connectivity index (χ0) is 10.8. The third-order valence-electron chi connectivity index (χ3n) is 2.00. The van der Waals surface area contributed by atoms with Gasteiger partial charge >= 0.3 is 0 Å². The minimum atomic E-state index is -0.197. The van der Waals surface area contributed by atoms with E-state index in [9.17, 15) is 4.39 Å². The second-order valence-corrected chi connectivity index (χ2v) is 4.85. The Labute approximate surface area is 85.5 Å². The van der Waals surface area contributed by atoms with Gasteiger partial charge in [-0.25, -0.2) is 4.39 Å². The van der Waals surface area contributed by atoms with Crippen molar-refractivity contribution >= 4 is 5.57 Å². The fraction of sp³-hybridized carbons (Fsp3) is 0.385. The first kappa shape index (κ1) is 11.0. The largest absolute Gasteiger partial charge is 0.207 e. The summed E-state index contributed by atoms with van der Waals surface area (Å²) >= 11 is 0. The van der Waals surface area contributed by atoms with Gasteiger partial charge in [0.2, 0.25) is 0 Å². The van der Waals surface area contributed by atoms with Gasteiger partial charge < -0.3 is 0 Å². The van der Waals surface area contributed by atoms with E-state index < -0.39 is 0 Å². The van der Waals surface area contributed by atoms with Crippen molar-refractivity contribution < 1.29 is 4.39 Å². The molecule has 0 spiro atoms. The number of benzene rings is 1. The Morgan fingerprint density at radius 3 is 2.14 bits per heavy atom. The Kier molecular flexibility index (Phi) is 3.10. The van der Waals surface area contributed by atoms with Crippen LogP contribution in [0.5, 0.6) is 0 Å². The van der Waals surface area contributed by atoms with Crippen LogP contribution in [0.1, 0.15) is 32.8 Å². The lowest BCUT2D eigenvalue weighted by atomic mass is 9.86. The molecular formula is C13H17F. The van der Waals surface area contributed by atoms with E-state index >= 15 is 0 Å². The standard InChI is InChI=1S/C13H17F/c1-10(9-13(2,3)4)11-5-7-12(14)8-6-11/h5-8H,1,9H2,2-4H3. The zero-order valence-electron chi connectivity index (χ0n) is 9.10. The molecule has 0 atom stereocenters. The fourth-order valence-corrected chi connectivity index (χ4v) is 1.43. The molecule has 0 aliphatic carbocycles. The van der Waals surface area contributed by atoms with Crippen molar-refractivity contribution in [1.82, 2.24) is 0 Å². The molecule has 1 heteroatoms. The Balaban J connectivity index is 2.76. The van der Waals surface area contributed by atoms with Crippen LogP contribution in [-0.4, -0.2) is 0 Å². The number of hydrogen-bond acceptors (Lipinski definition) is 0. The molecule has 0 heterocycles. The third-order valence-corrected chi connectivity index (χ3v) is 2.00. The van der Waals surface area contributed by atoms with Crippen LogP contribution < -0.4 is 0 Å². The number of halogens is 1. The summed E-state index contributed by atoms with van der Waals surface area (Å²) in [6.45, 7) is 10.5. The van der Waals surface area contributed by atoms with Gasteiger partial charge in [-0.05, 0) is 35.1 Å². The van der Waals surface area contributed by atoms with Crippen molar-refractivity contribution in [2.75, 3.05) is 0 Å². The van der Waals surface area contributed by atoms with Crippen molar-refractivity contribution in [2.24, 2.45) is 5.41 Å². The lowest BCUT2D eigenvalue weighted by molar-refractivity contribution is 0.427. The van der Waals surface area contributed by atoms with Crippen LogP contribution >= 0.6 is 0 Å². The maximum atomic E-state index is 12.7. The third kappa shape index (κ3) is 3.33. The predicted molar refractivity (Wildman–Crippen MR) is 59.5 cm³/mol. The molecule has 76 valence electrons. The molecule has 0 aliphatic rings. The van der Waals surface area contributed by atoms with Crippen molar-refractivity contribution in [3.8, 4) is 0 Å². The van der Waals surface area contributed by atoms with E-state index in [0.717, 1.165) is 17.6 Å². The van der Waals surface area contributed by atoms with Crippen LogP contribution in [0.4, 0.5) is 4.39 Å². The van der Waals surface area contributed by atoms with E-state index in [4.69, 9.17) is 0 Å². The summed E-state index contributed by atoms with van der Waals surface area (Å²) in [5, 5.41) is 0. The molecule has 0 saturated carbocycles. The second kappa shape index (κ2) is 3.95. The van der Waals surface area contributed by atoms with E-state index in [1.54, 1.807) is 12.1 Å². The minimum Gasteiger partial charge on any atom is -0.207 e. The first-order valence-electron chi connectivity index (χ1n) is 4.82. The first-order chi connectivity index (χ1) is 6.38. The average molecular weight is 192 g/mol. The van der Waals surface area contributed by atoms with Crippen LogP contribution in [0.15, 0.2) is 30.8 Å². The molecule has 14 heavy (non-hydrogen) atoms. The Morgan fingerprint density at radius 2 is 1.71 bits per heavy atom. The highest BCUT2D eigenvalue weighted by Gasteiger charge is 2.12. The molecule has 1 aromatic rings. The molecule has 0 bridgehead atoms. The van der Waals surface area contributed by atoms with E-state index in [0.29, 0.717) is 0 Å². The average Bonchev–Trinajstić information content (AvgIpc) is 2.02. The highest BCUT2D eigenvalue weighted by atomic mass is 19.1. The molecule has 1 aromatic carbocycles. The van der Waals surface area contributed by atoms with Gasteiger partial charge in [0.05, 0.1) is 0 Å². The Hall–Kier alpha value is -1.11. The summed E-state index contributed by atoms with van der Waals surface area (Å²) in [6.07, 6.45) is 0.929. The fourth-order valence-electron chi connectivity index (χ4n) is 1.43. The van der Waals surface area contributed by atoms with Crippen LogP contribution in [0.2, 0.25) is 0 Å². The molecular weight excluding hydrogens is 175 g/mol. The molecule has 0 N–H and O–H groups in total. The molecule has 1 rings (SSSR count). The van der Waals surface area contributed by atoms with Crippen LogP contribution in [0, 0.1) is 11.2 Å². The van der Waals surface area contributed by atoms with Gasteiger partial charge in [0.25, 0.3) is 0 Å². The van der Waals surface area contributed by atoms with E-state index in [-0.39, 0.29) is 11.2 Å². The van der Waals surface area contributed by atoms with Crippen molar-refractivity contribution in [3.05, 3.63) is 42.2 Å². The maximum absolute atomic E-state index is 12.7. The van der Waals surface area contributed by atoms with Crippen LogP contribution in [-0.2, 0) is 0 Å². The number of allylic oxidation sites excluding steroid dienone is 1. The maximum Gasteiger partial charge on any atom is 0.123 e. The predicted octanol–water partition coefficient (Wildman–Crippen LogP) is 4.28. The first-order valence-corrected chi connectivity index (χ1v) is 4.82. The molecule has 0 amide bonds. The quantitative estimate of drug-likeness (QED) is 0.656. The monoisotopic (exact) mass is 192 g/mol. The SMILES string of the molecule is C=C(CC(C)(C)C)c1ccc(F)cc1. The second-order valence-electron chi connectivity index (χ2n) is 4.85. The van der Waals surface area contributed by atoms with Crippen molar-refractivity contribution in [3.63, 3.8) is 0 Å². The number of rotatable bonds is 2. The molecule has 0 radical (unpaired) electrons. The lowest BCUT2D eigenvalue weighted by Gasteiger charge is -2.19. The summed E-state index contributed by atoms with van der Waals surface area (Å²) in [4.78, 5) is 0. The minimum absolute atomic E-state index is 0.197. The Bertz CT molecular complexity index is 314. The molecule has 0 aromatic heterocycles. The summed E-state index contributed by atoms with van der Waals surface area (Å²) in [5.74, 6) is -0.197. The van der Waals surface area contributed by atoms with Gasteiger partial charge in [-0.1, -0.05) is 39.5 Å². The smallest absolute Gasteiger partial charge is 0.123 e. The molecule has 0 unspecified atom stereocenters. The summed E-state index contributed by atoms with van der Waals surface area (Å²) in [5.41, 5.74) is 2.32. The van der Waals surface area contributed by atoms with E-state index in [1.165, 1.54) is 12.1 Å². The van der Waals surface area contributed by atoms with Crippen molar-refractivity contribution in [1.29, 1.82) is 0 Å². The molecule has 0 fully saturated rings. The number of hydrogen-bond donors (Lipinski definition) is 0. The molecule has 0 nitrogen and oxygen atoms in total. The van der Waals surface area contributed by atoms with Gasteiger partial charge in [0.1, 0.15) is 5.82 Å². The van der Waals surface area contributed by atoms with E-state index in [2.05, 4.69) is 27.4 Å². The summed E-state index contributed by atoms with van der Waals surface area (Å²) in [7, 11) is 0. The lowest BCUT2D eigenvalue weighted by Crippen LogP contribution is -2.05. The summed E-state index contributed by atoms with van der Waals surface area (Å²) in [6, 6.07) is 6.51. The normalized spacial score (nSPS) is 11.4. The van der Waals surface area contributed by atoms with Crippen LogP contribution in [0.25, 0.3) is 5.57 Å². The van der Waals surface area contributed by atoms with E-state index in [1.807, 2.05) is 0 Å². The molecule has 0 saturated heterocycles. The summed E-state index contributed by atoms with van der Waals surface area (Å²) < 4.78 is 12.7. The zero-order valence-corrected chi connectivity index (χ0v) is 9.10. The van der Waals surface area contributed by atoms with Crippen molar-refractivity contribution in [2.45, 2.75) is 27.2 Å². The van der Waals surface area contributed by atoms with Gasteiger partial charge in [0.15, 0.2) is 0 Å². The van der Waals surface area contributed by atoms with Gasteiger partial charge in [-0.3, -0.25) is 0 Å². The highest BCUT2D eigenvalue weighted by molar-refractivity contribution is 5.63. The van der Waals surface area contributed by atoms with Gasteiger partial charge in [0, 0.05) is 0 Å². The topological polar surface area (TPSA) is 0 Å². The molecule has 0 aliphatic heterocycles. The van der Waals surface area contributed by atoms with Gasteiger partial charge in [-0.15, -0.1) is 0 Å². The van der Waals surface area contributed by atoms with Gasteiger partial charge in [-0.2, -0.15) is 0 Å². The highest BCUT2D eigenvalue weighted by Crippen LogP contribution is 2.28. The Morgan fingerprint density at radius 1 is 1.21 bits per heavy atom.